The van der Waals surface area contributed by atoms with Crippen molar-refractivity contribution in [2.45, 2.75) is 0 Å². The minimum Gasteiger partial charge on any atom is -0.383 e. The van der Waals surface area contributed by atoms with Gasteiger partial charge in [-0.1, -0.05) is 11.6 Å². The highest BCUT2D eigenvalue weighted by Crippen LogP contribution is 2.19. The molecule has 1 aromatic heterocycles. The quantitative estimate of drug-likeness (QED) is 0.568. The molecule has 11 heteroatoms. The molecule has 0 unspecified atom stereocenters. The van der Waals surface area contributed by atoms with Crippen molar-refractivity contribution in [3.05, 3.63) is 64.7 Å². The number of ether oxygens (including phenoxy) is 1. The Morgan fingerprint density at radius 1 is 1.17 bits per heavy atom. The average Bonchev–Trinajstić information content (AvgIpc) is 3.19. The van der Waals surface area contributed by atoms with Crippen LogP contribution in [0.2, 0.25) is 5.02 Å². The first kappa shape index (κ1) is 20.4. The SMILES string of the molecule is COCCNC(=O)c1nnn(-c2ccc(NC(=O)c3ccc(F)cc3Cl)cc2)n1. The molecule has 0 spiro atoms. The fourth-order valence-corrected chi connectivity index (χ4v) is 2.56. The van der Waals surface area contributed by atoms with Crippen molar-refractivity contribution in [1.29, 1.82) is 0 Å². The van der Waals surface area contributed by atoms with Crippen LogP contribution in [0.3, 0.4) is 0 Å². The van der Waals surface area contributed by atoms with Crippen molar-refractivity contribution in [3.63, 3.8) is 0 Å². The molecular weight excluding hydrogens is 403 g/mol. The van der Waals surface area contributed by atoms with Gasteiger partial charge in [-0.05, 0) is 47.7 Å². The second kappa shape index (κ2) is 9.22. The van der Waals surface area contributed by atoms with Crippen molar-refractivity contribution in [2.75, 3.05) is 25.6 Å². The highest BCUT2D eigenvalue weighted by Gasteiger charge is 2.14. The molecule has 150 valence electrons. The van der Waals surface area contributed by atoms with Gasteiger partial charge < -0.3 is 15.4 Å². The smallest absolute Gasteiger partial charge is 0.292 e. The molecule has 3 rings (SSSR count). The van der Waals surface area contributed by atoms with E-state index in [4.69, 9.17) is 16.3 Å². The molecule has 29 heavy (non-hydrogen) atoms. The first-order valence-electron chi connectivity index (χ1n) is 8.42. The third-order valence-corrected chi connectivity index (χ3v) is 4.05. The third kappa shape index (κ3) is 5.12. The standard InChI is InChI=1S/C18H16ClFN6O3/c1-29-9-8-21-18(28)16-23-25-26(24-16)13-5-3-12(4-6-13)22-17(27)14-7-2-11(20)10-15(14)19/h2-7,10H,8-9H2,1H3,(H,21,28)(H,22,27). The van der Waals surface area contributed by atoms with Gasteiger partial charge in [0.1, 0.15) is 5.82 Å². The van der Waals surface area contributed by atoms with Gasteiger partial charge in [0.15, 0.2) is 0 Å². The summed E-state index contributed by atoms with van der Waals surface area (Å²) in [5.74, 6) is -1.54. The number of amides is 2. The molecule has 2 aromatic carbocycles. The maximum Gasteiger partial charge on any atom is 0.292 e. The number of hydrogen-bond donors (Lipinski definition) is 2. The Balaban J connectivity index is 1.66. The number of nitrogens with zero attached hydrogens (tertiary/aromatic N) is 4. The number of benzene rings is 2. The molecule has 0 atom stereocenters. The maximum atomic E-state index is 13.1. The largest absolute Gasteiger partial charge is 0.383 e. The number of tetrazole rings is 1. The maximum absolute atomic E-state index is 13.1. The fraction of sp³-hybridized carbons (Fsp3) is 0.167. The second-order valence-corrected chi connectivity index (χ2v) is 6.18. The monoisotopic (exact) mass is 418 g/mol. The van der Waals surface area contributed by atoms with Gasteiger partial charge in [-0.15, -0.1) is 15.0 Å². The van der Waals surface area contributed by atoms with Gasteiger partial charge in [0.05, 0.1) is 22.9 Å². The van der Waals surface area contributed by atoms with Crippen LogP contribution >= 0.6 is 11.6 Å². The number of carbonyl (C=O) groups excluding carboxylic acids is 2. The number of hydrogen-bond acceptors (Lipinski definition) is 6. The summed E-state index contributed by atoms with van der Waals surface area (Å²) in [5, 5.41) is 16.8. The van der Waals surface area contributed by atoms with Gasteiger partial charge in [-0.3, -0.25) is 9.59 Å². The van der Waals surface area contributed by atoms with E-state index in [2.05, 4.69) is 26.0 Å². The zero-order valence-corrected chi connectivity index (χ0v) is 16.0. The predicted molar refractivity (Wildman–Crippen MR) is 103 cm³/mol. The lowest BCUT2D eigenvalue weighted by Gasteiger charge is -2.07. The third-order valence-electron chi connectivity index (χ3n) is 3.74. The Kier molecular flexibility index (Phi) is 6.47. The number of nitrogens with one attached hydrogen (secondary N) is 2. The number of methoxy groups -OCH3 is 1. The predicted octanol–water partition coefficient (Wildman–Crippen LogP) is 2.08. The lowest BCUT2D eigenvalue weighted by atomic mass is 10.2. The van der Waals surface area contributed by atoms with E-state index in [1.54, 1.807) is 24.3 Å². The van der Waals surface area contributed by atoms with Gasteiger partial charge in [-0.2, -0.15) is 0 Å². The zero-order valence-electron chi connectivity index (χ0n) is 15.2. The van der Waals surface area contributed by atoms with Gasteiger partial charge in [-0.25, -0.2) is 4.39 Å². The van der Waals surface area contributed by atoms with E-state index in [1.807, 2.05) is 0 Å². The van der Waals surface area contributed by atoms with Crippen LogP contribution in [0.1, 0.15) is 21.0 Å². The van der Waals surface area contributed by atoms with Gasteiger partial charge in [0, 0.05) is 19.3 Å². The van der Waals surface area contributed by atoms with Crippen molar-refractivity contribution in [1.82, 2.24) is 25.5 Å². The number of anilines is 1. The Labute approximate surface area is 169 Å². The van der Waals surface area contributed by atoms with E-state index in [0.29, 0.717) is 24.5 Å². The first-order chi connectivity index (χ1) is 14.0. The molecule has 1 heterocycles. The summed E-state index contributed by atoms with van der Waals surface area (Å²) in [6.45, 7) is 0.701. The second-order valence-electron chi connectivity index (χ2n) is 5.78. The topological polar surface area (TPSA) is 111 Å². The average molecular weight is 419 g/mol. The summed E-state index contributed by atoms with van der Waals surface area (Å²) >= 11 is 5.90. The highest BCUT2D eigenvalue weighted by atomic mass is 35.5. The number of aromatic nitrogens is 4. The molecule has 0 saturated heterocycles. The molecule has 0 saturated carbocycles. The van der Waals surface area contributed by atoms with E-state index in [9.17, 15) is 14.0 Å². The van der Waals surface area contributed by atoms with E-state index >= 15 is 0 Å². The van der Waals surface area contributed by atoms with Crippen LogP contribution in [0.5, 0.6) is 0 Å². The molecule has 9 nitrogen and oxygen atoms in total. The first-order valence-corrected chi connectivity index (χ1v) is 8.79. The van der Waals surface area contributed by atoms with Crippen molar-refractivity contribution in [3.8, 4) is 5.69 Å². The molecule has 0 bridgehead atoms. The molecule has 0 aliphatic heterocycles. The molecule has 0 aliphatic rings. The summed E-state index contributed by atoms with van der Waals surface area (Å²) in [5.41, 5.74) is 1.17. The van der Waals surface area contributed by atoms with Crippen molar-refractivity contribution < 1.29 is 18.7 Å². The molecule has 2 N–H and O–H groups in total. The lowest BCUT2D eigenvalue weighted by Crippen LogP contribution is -2.28. The number of rotatable bonds is 7. The minimum absolute atomic E-state index is 0.0160. The molecule has 3 aromatic rings. The zero-order chi connectivity index (χ0) is 20.8. The summed E-state index contributed by atoms with van der Waals surface area (Å²) < 4.78 is 18.0. The highest BCUT2D eigenvalue weighted by molar-refractivity contribution is 6.34. The molecule has 2 amide bonds. The van der Waals surface area contributed by atoms with Crippen LogP contribution in [0.4, 0.5) is 10.1 Å². The summed E-state index contributed by atoms with van der Waals surface area (Å²) in [6.07, 6.45) is 0. The van der Waals surface area contributed by atoms with E-state index in [0.717, 1.165) is 12.1 Å². The number of halogens is 2. The molecule has 0 radical (unpaired) electrons. The van der Waals surface area contributed by atoms with Crippen LogP contribution < -0.4 is 10.6 Å². The normalized spacial score (nSPS) is 10.6. The van der Waals surface area contributed by atoms with E-state index in [-0.39, 0.29) is 16.4 Å². The molecular formula is C18H16ClFN6O3. The Morgan fingerprint density at radius 3 is 2.62 bits per heavy atom. The fourth-order valence-electron chi connectivity index (χ4n) is 2.31. The van der Waals surface area contributed by atoms with Crippen LogP contribution in [-0.4, -0.2) is 52.3 Å². The molecule has 0 aliphatic carbocycles. The van der Waals surface area contributed by atoms with Crippen LogP contribution in [-0.2, 0) is 4.74 Å². The Bertz CT molecular complexity index is 1020. The summed E-state index contributed by atoms with van der Waals surface area (Å²) in [6, 6.07) is 10.0. The van der Waals surface area contributed by atoms with Gasteiger partial charge in [0.2, 0.25) is 0 Å². The Morgan fingerprint density at radius 2 is 1.93 bits per heavy atom. The molecule has 0 fully saturated rings. The van der Waals surface area contributed by atoms with Crippen LogP contribution in [0.25, 0.3) is 5.69 Å². The van der Waals surface area contributed by atoms with Gasteiger partial charge >= 0.3 is 0 Å². The summed E-state index contributed by atoms with van der Waals surface area (Å²) in [4.78, 5) is 25.4. The lowest BCUT2D eigenvalue weighted by molar-refractivity contribution is 0.0926. The Hall–Kier alpha value is -3.37. The van der Waals surface area contributed by atoms with Crippen LogP contribution in [0.15, 0.2) is 42.5 Å². The van der Waals surface area contributed by atoms with Crippen molar-refractivity contribution in [2.24, 2.45) is 0 Å². The van der Waals surface area contributed by atoms with Crippen molar-refractivity contribution >= 4 is 29.1 Å². The number of carbonyl (C=O) groups is 2. The van der Waals surface area contributed by atoms with E-state index in [1.165, 1.54) is 18.0 Å². The van der Waals surface area contributed by atoms with Crippen LogP contribution in [0, 0.1) is 5.82 Å². The minimum atomic E-state index is -0.525. The van der Waals surface area contributed by atoms with E-state index < -0.39 is 17.6 Å². The summed E-state index contributed by atoms with van der Waals surface area (Å²) in [7, 11) is 1.53. The van der Waals surface area contributed by atoms with Gasteiger partial charge in [0.25, 0.3) is 17.6 Å².